The molecule has 1 aliphatic carbocycles. The highest BCUT2D eigenvalue weighted by atomic mass is 32.2. The number of benzene rings is 2. The number of sulfone groups is 1. The van der Waals surface area contributed by atoms with Crippen LogP contribution in [0.25, 0.3) is 0 Å². The van der Waals surface area contributed by atoms with Crippen LogP contribution in [-0.4, -0.2) is 13.7 Å². The zero-order valence-electron chi connectivity index (χ0n) is 13.1. The zero-order chi connectivity index (χ0) is 16.4. The molecule has 0 saturated heterocycles. The average molecular weight is 325 g/mol. The molecule has 0 fully saturated rings. The van der Waals surface area contributed by atoms with Gasteiger partial charge in [-0.15, -0.1) is 0 Å². The largest absolute Gasteiger partial charge is 0.228 e. The molecule has 2 aromatic carbocycles. The Hall–Kier alpha value is -2.12. The molecule has 0 aliphatic heterocycles. The van der Waals surface area contributed by atoms with Gasteiger partial charge in [0.1, 0.15) is 0 Å². The third-order valence-electron chi connectivity index (χ3n) is 4.60. The highest BCUT2D eigenvalue weighted by molar-refractivity contribution is 7.91. The molecule has 1 unspecified atom stereocenters. The smallest absolute Gasteiger partial charge is 0.157 e. The zero-order valence-corrected chi connectivity index (χ0v) is 13.9. The van der Waals surface area contributed by atoms with Gasteiger partial charge in [-0.3, -0.25) is 0 Å². The van der Waals surface area contributed by atoms with E-state index in [1.807, 2.05) is 37.3 Å². The summed E-state index contributed by atoms with van der Waals surface area (Å²) in [6, 6.07) is 15.5. The van der Waals surface area contributed by atoms with Gasteiger partial charge in [0, 0.05) is 0 Å². The van der Waals surface area contributed by atoms with Gasteiger partial charge in [0.25, 0.3) is 0 Å². The fraction of sp³-hybridized carbons (Fsp3) is 0.316. The summed E-state index contributed by atoms with van der Waals surface area (Å²) in [4.78, 5) is 0. The topological polar surface area (TPSA) is 57.9 Å². The number of rotatable bonds is 3. The van der Waals surface area contributed by atoms with Crippen molar-refractivity contribution in [2.75, 3.05) is 0 Å². The molecule has 0 heterocycles. The first-order valence-corrected chi connectivity index (χ1v) is 9.49. The molecule has 0 amide bonds. The van der Waals surface area contributed by atoms with E-state index in [1.54, 1.807) is 6.07 Å². The monoisotopic (exact) mass is 325 g/mol. The van der Waals surface area contributed by atoms with Crippen LogP contribution in [0.2, 0.25) is 0 Å². The van der Waals surface area contributed by atoms with Gasteiger partial charge >= 0.3 is 0 Å². The van der Waals surface area contributed by atoms with Crippen LogP contribution in [0.5, 0.6) is 0 Å². The standard InChI is InChI=1S/C19H19NO2S/c1-14-6-7-15(10-18(14)12-20)13-23(21,22)19-9-8-16-4-2-3-5-17(16)11-19/h2-7,10,19H,8-9,11,13H2,1H3. The molecule has 0 bridgehead atoms. The summed E-state index contributed by atoms with van der Waals surface area (Å²) in [5, 5.41) is 8.77. The maximum absolute atomic E-state index is 12.8. The Balaban J connectivity index is 1.82. The van der Waals surface area contributed by atoms with Crippen molar-refractivity contribution in [2.24, 2.45) is 0 Å². The summed E-state index contributed by atoms with van der Waals surface area (Å²) >= 11 is 0. The van der Waals surface area contributed by atoms with Crippen molar-refractivity contribution in [1.29, 1.82) is 5.26 Å². The van der Waals surface area contributed by atoms with Crippen molar-refractivity contribution < 1.29 is 8.42 Å². The molecule has 118 valence electrons. The molecule has 3 rings (SSSR count). The lowest BCUT2D eigenvalue weighted by Gasteiger charge is -2.24. The molecule has 0 saturated carbocycles. The average Bonchev–Trinajstić information content (AvgIpc) is 2.56. The van der Waals surface area contributed by atoms with Crippen molar-refractivity contribution in [3.05, 3.63) is 70.3 Å². The highest BCUT2D eigenvalue weighted by Crippen LogP contribution is 2.27. The van der Waals surface area contributed by atoms with E-state index in [0.29, 0.717) is 24.0 Å². The van der Waals surface area contributed by atoms with Gasteiger partial charge in [0.15, 0.2) is 9.84 Å². The number of nitrogens with zero attached hydrogens (tertiary/aromatic N) is 1. The summed E-state index contributed by atoms with van der Waals surface area (Å²) in [5.74, 6) is 0.00872. The summed E-state index contributed by atoms with van der Waals surface area (Å²) in [5.41, 5.74) is 4.54. The van der Waals surface area contributed by atoms with E-state index >= 15 is 0 Å². The van der Waals surface area contributed by atoms with Crippen LogP contribution in [0, 0.1) is 18.3 Å². The molecule has 4 heteroatoms. The first kappa shape index (κ1) is 15.8. The van der Waals surface area contributed by atoms with E-state index in [-0.39, 0.29) is 11.0 Å². The van der Waals surface area contributed by atoms with E-state index in [1.165, 1.54) is 5.56 Å². The second kappa shape index (κ2) is 6.17. The summed E-state index contributed by atoms with van der Waals surface area (Å²) in [6.45, 7) is 1.86. The third kappa shape index (κ3) is 3.30. The molecule has 23 heavy (non-hydrogen) atoms. The number of aryl methyl sites for hydroxylation is 2. The molecule has 0 aromatic heterocycles. The van der Waals surface area contributed by atoms with Crippen molar-refractivity contribution in [2.45, 2.75) is 37.2 Å². The van der Waals surface area contributed by atoms with Gasteiger partial charge in [0.2, 0.25) is 0 Å². The minimum atomic E-state index is -3.23. The summed E-state index contributed by atoms with van der Waals surface area (Å²) in [7, 11) is -3.23. The van der Waals surface area contributed by atoms with E-state index in [0.717, 1.165) is 17.5 Å². The molecule has 0 spiro atoms. The fourth-order valence-corrected chi connectivity index (χ4v) is 4.99. The summed E-state index contributed by atoms with van der Waals surface area (Å²) in [6.07, 6.45) is 2.09. The Bertz CT molecular complexity index is 878. The molecule has 0 radical (unpaired) electrons. The molecular formula is C19H19NO2S. The Kier molecular flexibility index (Phi) is 4.23. The predicted octanol–water partition coefficient (Wildman–Crippen LogP) is 3.34. The van der Waals surface area contributed by atoms with E-state index in [9.17, 15) is 8.42 Å². The maximum Gasteiger partial charge on any atom is 0.157 e. The van der Waals surface area contributed by atoms with Crippen molar-refractivity contribution in [1.82, 2.24) is 0 Å². The predicted molar refractivity (Wildman–Crippen MR) is 90.8 cm³/mol. The first-order valence-electron chi connectivity index (χ1n) is 7.77. The normalized spacial score (nSPS) is 17.3. The Labute approximate surface area is 137 Å². The van der Waals surface area contributed by atoms with Crippen molar-refractivity contribution in [3.63, 3.8) is 0 Å². The van der Waals surface area contributed by atoms with Gasteiger partial charge in [-0.25, -0.2) is 8.42 Å². The van der Waals surface area contributed by atoms with Crippen LogP contribution >= 0.6 is 0 Å². The Morgan fingerprint density at radius 1 is 1.17 bits per heavy atom. The minimum Gasteiger partial charge on any atom is -0.228 e. The molecule has 0 N–H and O–H groups in total. The van der Waals surface area contributed by atoms with E-state index in [4.69, 9.17) is 5.26 Å². The van der Waals surface area contributed by atoms with Crippen LogP contribution < -0.4 is 0 Å². The van der Waals surface area contributed by atoms with Crippen LogP contribution in [0.3, 0.4) is 0 Å². The first-order chi connectivity index (χ1) is 11.0. The number of hydrogen-bond acceptors (Lipinski definition) is 3. The highest BCUT2D eigenvalue weighted by Gasteiger charge is 2.29. The Morgan fingerprint density at radius 3 is 2.65 bits per heavy atom. The minimum absolute atomic E-state index is 0.00872. The van der Waals surface area contributed by atoms with Crippen molar-refractivity contribution >= 4 is 9.84 Å². The van der Waals surface area contributed by atoms with Gasteiger partial charge in [0.05, 0.1) is 22.6 Å². The lowest BCUT2D eigenvalue weighted by atomic mass is 9.92. The fourth-order valence-electron chi connectivity index (χ4n) is 3.20. The van der Waals surface area contributed by atoms with Crippen LogP contribution in [0.4, 0.5) is 0 Å². The number of nitriles is 1. The van der Waals surface area contributed by atoms with Crippen molar-refractivity contribution in [3.8, 4) is 6.07 Å². The Morgan fingerprint density at radius 2 is 1.91 bits per heavy atom. The molecule has 2 aromatic rings. The SMILES string of the molecule is Cc1ccc(CS(=O)(=O)C2CCc3ccccc3C2)cc1C#N. The van der Waals surface area contributed by atoms with Gasteiger partial charge in [-0.05, 0) is 54.5 Å². The van der Waals surface area contributed by atoms with Crippen LogP contribution in [-0.2, 0) is 28.4 Å². The quantitative estimate of drug-likeness (QED) is 0.869. The van der Waals surface area contributed by atoms with Gasteiger partial charge in [-0.2, -0.15) is 5.26 Å². The number of hydrogen-bond donors (Lipinski definition) is 0. The maximum atomic E-state index is 12.8. The van der Waals surface area contributed by atoms with Crippen LogP contribution in [0.15, 0.2) is 42.5 Å². The lowest BCUT2D eigenvalue weighted by Crippen LogP contribution is -2.29. The molecule has 3 nitrogen and oxygen atoms in total. The molecular weight excluding hydrogens is 306 g/mol. The van der Waals surface area contributed by atoms with E-state index < -0.39 is 9.84 Å². The van der Waals surface area contributed by atoms with Gasteiger partial charge < -0.3 is 0 Å². The summed E-state index contributed by atoms with van der Waals surface area (Å²) < 4.78 is 25.5. The second-order valence-electron chi connectivity index (χ2n) is 6.20. The van der Waals surface area contributed by atoms with Crippen LogP contribution in [0.1, 0.15) is 34.2 Å². The number of fused-ring (bicyclic) bond motifs is 1. The lowest BCUT2D eigenvalue weighted by molar-refractivity contribution is 0.560. The van der Waals surface area contributed by atoms with E-state index in [2.05, 4.69) is 12.1 Å². The van der Waals surface area contributed by atoms with Gasteiger partial charge in [-0.1, -0.05) is 36.4 Å². The third-order valence-corrected chi connectivity index (χ3v) is 6.75. The second-order valence-corrected chi connectivity index (χ2v) is 8.48. The molecule has 1 aliphatic rings. The molecule has 1 atom stereocenters.